The highest BCUT2D eigenvalue weighted by atomic mass is 32.1. The Morgan fingerprint density at radius 1 is 1.88 bits per heavy atom. The van der Waals surface area contributed by atoms with Crippen LogP contribution in [0.2, 0.25) is 0 Å². The molecular weight excluding hydrogens is 120 g/mol. The maximum atomic E-state index is 7.16. The van der Waals surface area contributed by atoms with Crippen molar-refractivity contribution in [3.63, 3.8) is 0 Å². The van der Waals surface area contributed by atoms with Crippen molar-refractivity contribution in [3.05, 3.63) is 23.0 Å². The molecule has 0 bridgehead atoms. The molecular formula is C5H6N2S. The van der Waals surface area contributed by atoms with E-state index in [-0.39, 0.29) is 0 Å². The van der Waals surface area contributed by atoms with Crippen LogP contribution in [0.5, 0.6) is 0 Å². The van der Waals surface area contributed by atoms with Gasteiger partial charge in [0.05, 0.1) is 0 Å². The zero-order valence-corrected chi connectivity index (χ0v) is 5.11. The monoisotopic (exact) mass is 126 g/mol. The average Bonchev–Trinajstić information content (AvgIpc) is 2.14. The van der Waals surface area contributed by atoms with Gasteiger partial charge in [0.2, 0.25) is 0 Å². The zero-order chi connectivity index (χ0) is 5.98. The fourth-order valence-electron chi connectivity index (χ4n) is 0.433. The summed E-state index contributed by atoms with van der Waals surface area (Å²) in [7, 11) is 0. The molecule has 0 amide bonds. The van der Waals surface area contributed by atoms with E-state index in [1.54, 1.807) is 17.0 Å². The first-order valence-electron chi connectivity index (χ1n) is 2.17. The van der Waals surface area contributed by atoms with E-state index in [0.717, 1.165) is 0 Å². The second-order valence-electron chi connectivity index (χ2n) is 1.30. The quantitative estimate of drug-likeness (QED) is 0.584. The van der Waals surface area contributed by atoms with E-state index in [2.05, 4.69) is 6.58 Å². The fraction of sp³-hybridized carbons (Fsp3) is 0. The highest BCUT2D eigenvalue weighted by Gasteiger charge is 1.81. The Morgan fingerprint density at radius 3 is 2.88 bits per heavy atom. The van der Waals surface area contributed by atoms with Crippen LogP contribution >= 0.6 is 11.3 Å². The molecule has 42 valence electrons. The molecule has 1 aromatic heterocycles. The highest BCUT2D eigenvalue weighted by molar-refractivity contribution is 7.07. The van der Waals surface area contributed by atoms with E-state index >= 15 is 0 Å². The minimum atomic E-state index is 0.514. The third-order valence-electron chi connectivity index (χ3n) is 0.832. The highest BCUT2D eigenvalue weighted by Crippen LogP contribution is 1.86. The predicted octanol–water partition coefficient (Wildman–Crippen LogP) is 1.13. The van der Waals surface area contributed by atoms with E-state index in [1.165, 1.54) is 11.3 Å². The molecule has 1 heterocycles. The van der Waals surface area contributed by atoms with Crippen LogP contribution in [0.15, 0.2) is 18.2 Å². The van der Waals surface area contributed by atoms with Gasteiger partial charge in [0.15, 0.2) is 4.80 Å². The third-order valence-corrected chi connectivity index (χ3v) is 1.52. The van der Waals surface area contributed by atoms with Crippen LogP contribution in [-0.2, 0) is 0 Å². The summed E-state index contributed by atoms with van der Waals surface area (Å²) in [6.07, 6.45) is 3.42. The lowest BCUT2D eigenvalue weighted by atomic mass is 10.8. The summed E-state index contributed by atoms with van der Waals surface area (Å²) in [5.41, 5.74) is 0. The molecule has 1 aromatic rings. The van der Waals surface area contributed by atoms with Crippen LogP contribution in [0, 0.1) is 5.41 Å². The van der Waals surface area contributed by atoms with Crippen LogP contribution in [0.25, 0.3) is 6.20 Å². The molecule has 0 atom stereocenters. The lowest BCUT2D eigenvalue weighted by Gasteiger charge is -1.83. The molecule has 8 heavy (non-hydrogen) atoms. The molecule has 0 aliphatic heterocycles. The number of thiazole rings is 1. The molecule has 0 spiro atoms. The first-order chi connectivity index (χ1) is 3.84. The first kappa shape index (κ1) is 5.31. The standard InChI is InChI=1S/C5H6N2S/c1-2-7-3-4-8-5(7)6/h2-4,6H,1H2. The van der Waals surface area contributed by atoms with Gasteiger partial charge in [-0.05, 0) is 0 Å². The van der Waals surface area contributed by atoms with Gasteiger partial charge in [-0.15, -0.1) is 11.3 Å². The van der Waals surface area contributed by atoms with Gasteiger partial charge in [0.1, 0.15) is 0 Å². The van der Waals surface area contributed by atoms with Crippen molar-refractivity contribution >= 4 is 17.5 Å². The molecule has 1 N–H and O–H groups in total. The largest absolute Gasteiger partial charge is 0.300 e. The Morgan fingerprint density at radius 2 is 2.62 bits per heavy atom. The van der Waals surface area contributed by atoms with E-state index < -0.39 is 0 Å². The Kier molecular flexibility index (Phi) is 1.30. The van der Waals surface area contributed by atoms with Gasteiger partial charge in [-0.3, -0.25) is 5.41 Å². The Labute approximate surface area is 51.2 Å². The molecule has 0 aliphatic carbocycles. The van der Waals surface area contributed by atoms with Crippen molar-refractivity contribution in [2.75, 3.05) is 0 Å². The van der Waals surface area contributed by atoms with Crippen molar-refractivity contribution in [1.82, 2.24) is 4.57 Å². The van der Waals surface area contributed by atoms with Crippen molar-refractivity contribution in [2.45, 2.75) is 0 Å². The maximum Gasteiger partial charge on any atom is 0.185 e. The average molecular weight is 126 g/mol. The Hall–Kier alpha value is -0.830. The normalized spacial score (nSPS) is 9.00. The number of nitrogens with one attached hydrogen (secondary N) is 1. The summed E-state index contributed by atoms with van der Waals surface area (Å²) in [5.74, 6) is 0. The Balaban J connectivity index is 3.30. The van der Waals surface area contributed by atoms with E-state index in [1.807, 2.05) is 5.38 Å². The molecule has 0 unspecified atom stereocenters. The number of hydrogen-bond donors (Lipinski definition) is 1. The zero-order valence-electron chi connectivity index (χ0n) is 4.29. The third kappa shape index (κ3) is 0.721. The SMILES string of the molecule is C=Cn1ccsc1=N. The van der Waals surface area contributed by atoms with Crippen LogP contribution in [0.4, 0.5) is 0 Å². The fourth-order valence-corrected chi connectivity index (χ4v) is 1.01. The molecule has 0 radical (unpaired) electrons. The van der Waals surface area contributed by atoms with Crippen LogP contribution in [0.3, 0.4) is 0 Å². The number of aromatic nitrogens is 1. The van der Waals surface area contributed by atoms with E-state index in [4.69, 9.17) is 5.41 Å². The van der Waals surface area contributed by atoms with Crippen LogP contribution in [-0.4, -0.2) is 4.57 Å². The molecule has 0 aliphatic rings. The van der Waals surface area contributed by atoms with Crippen LogP contribution < -0.4 is 4.80 Å². The number of hydrogen-bond acceptors (Lipinski definition) is 2. The first-order valence-corrected chi connectivity index (χ1v) is 3.05. The topological polar surface area (TPSA) is 28.8 Å². The van der Waals surface area contributed by atoms with Crippen molar-refractivity contribution in [1.29, 1.82) is 5.41 Å². The van der Waals surface area contributed by atoms with Crippen molar-refractivity contribution in [2.24, 2.45) is 0 Å². The summed E-state index contributed by atoms with van der Waals surface area (Å²) < 4.78 is 1.66. The second-order valence-corrected chi connectivity index (χ2v) is 2.19. The van der Waals surface area contributed by atoms with E-state index in [9.17, 15) is 0 Å². The van der Waals surface area contributed by atoms with Gasteiger partial charge >= 0.3 is 0 Å². The minimum Gasteiger partial charge on any atom is -0.300 e. The second kappa shape index (κ2) is 1.96. The van der Waals surface area contributed by atoms with Gasteiger partial charge in [0.25, 0.3) is 0 Å². The predicted molar refractivity (Wildman–Crippen MR) is 34.6 cm³/mol. The van der Waals surface area contributed by atoms with Gasteiger partial charge in [0, 0.05) is 17.8 Å². The molecule has 0 fully saturated rings. The summed E-state index contributed by atoms with van der Waals surface area (Å²) >= 11 is 1.39. The Bertz CT molecular complexity index is 233. The van der Waals surface area contributed by atoms with Crippen LogP contribution in [0.1, 0.15) is 0 Å². The lowest BCUT2D eigenvalue weighted by Crippen LogP contribution is -2.03. The van der Waals surface area contributed by atoms with Gasteiger partial charge in [-0.2, -0.15) is 0 Å². The van der Waals surface area contributed by atoms with Crippen molar-refractivity contribution < 1.29 is 0 Å². The summed E-state index contributed by atoms with van der Waals surface area (Å²) in [6, 6.07) is 0. The van der Waals surface area contributed by atoms with Gasteiger partial charge in [-0.1, -0.05) is 6.58 Å². The lowest BCUT2D eigenvalue weighted by molar-refractivity contribution is 1.04. The molecule has 0 saturated carbocycles. The minimum absolute atomic E-state index is 0.514. The number of nitrogens with zero attached hydrogens (tertiary/aromatic N) is 1. The molecule has 1 rings (SSSR count). The summed E-state index contributed by atoms with van der Waals surface area (Å²) in [6.45, 7) is 3.51. The summed E-state index contributed by atoms with van der Waals surface area (Å²) in [5, 5.41) is 9.01. The molecule has 0 aromatic carbocycles. The summed E-state index contributed by atoms with van der Waals surface area (Å²) in [4.78, 5) is 0.514. The molecule has 3 heteroatoms. The van der Waals surface area contributed by atoms with E-state index in [0.29, 0.717) is 4.80 Å². The van der Waals surface area contributed by atoms with Gasteiger partial charge < -0.3 is 4.57 Å². The maximum absolute atomic E-state index is 7.16. The molecule has 2 nitrogen and oxygen atoms in total. The number of rotatable bonds is 1. The molecule has 0 saturated heterocycles. The van der Waals surface area contributed by atoms with Gasteiger partial charge in [-0.25, -0.2) is 0 Å². The smallest absolute Gasteiger partial charge is 0.185 e. The van der Waals surface area contributed by atoms with Crippen molar-refractivity contribution in [3.8, 4) is 0 Å².